The molecule has 0 radical (unpaired) electrons. The van der Waals surface area contributed by atoms with Crippen LogP contribution in [0, 0.1) is 29.6 Å². The van der Waals surface area contributed by atoms with Gasteiger partial charge in [0.1, 0.15) is 18.3 Å². The predicted octanol–water partition coefficient (Wildman–Crippen LogP) is 3.55. The molecule has 1 aliphatic rings. The van der Waals surface area contributed by atoms with Crippen molar-refractivity contribution in [3.05, 3.63) is 29.8 Å². The largest absolute Gasteiger partial charge is 0.481 e. The lowest BCUT2D eigenvalue weighted by Gasteiger charge is -2.41. The average Bonchev–Trinajstić information content (AvgIpc) is 3.85. The van der Waals surface area contributed by atoms with Gasteiger partial charge in [0.05, 0.1) is 82.3 Å². The number of likely N-dealkylation sites (N-methyl/N-ethyl adjacent to an activating group) is 2. The molecule has 0 saturated carbocycles. The van der Waals surface area contributed by atoms with E-state index >= 15 is 0 Å². The summed E-state index contributed by atoms with van der Waals surface area (Å²) in [6.07, 6.45) is -0.223. The normalized spacial score (nSPS) is 17.7. The molecule has 1 heterocycles. The first kappa shape index (κ1) is 68.3. The van der Waals surface area contributed by atoms with E-state index in [2.05, 4.69) is 26.7 Å². The monoisotopic (exact) mass is 1090 g/mol. The van der Waals surface area contributed by atoms with Gasteiger partial charge in [0, 0.05) is 45.8 Å². The van der Waals surface area contributed by atoms with Crippen LogP contribution in [0.1, 0.15) is 120 Å². The number of rotatable bonds is 37. The zero-order valence-electron chi connectivity index (χ0n) is 48.7. The van der Waals surface area contributed by atoms with Gasteiger partial charge in [0.25, 0.3) is 5.91 Å². The summed E-state index contributed by atoms with van der Waals surface area (Å²) in [7, 11) is 8.49. The second-order valence-corrected chi connectivity index (χ2v) is 21.7. The minimum absolute atomic E-state index is 0.00517. The molecular weight excluding hydrogens is 997 g/mol. The minimum atomic E-state index is -1.22. The van der Waals surface area contributed by atoms with Gasteiger partial charge in [-0.25, -0.2) is 5.48 Å². The van der Waals surface area contributed by atoms with Crippen molar-refractivity contribution in [2.24, 2.45) is 29.6 Å². The van der Waals surface area contributed by atoms with E-state index in [-0.39, 0.29) is 99.6 Å². The van der Waals surface area contributed by atoms with Crippen LogP contribution in [-0.2, 0) is 64.0 Å². The van der Waals surface area contributed by atoms with Crippen LogP contribution in [0.25, 0.3) is 0 Å². The highest BCUT2D eigenvalue weighted by Crippen LogP contribution is 2.30. The molecule has 1 fully saturated rings. The van der Waals surface area contributed by atoms with Gasteiger partial charge in [-0.15, -0.1) is 0 Å². The lowest BCUT2D eigenvalue weighted by Crippen LogP contribution is -2.59. The van der Waals surface area contributed by atoms with Gasteiger partial charge >= 0.3 is 5.97 Å². The van der Waals surface area contributed by atoms with Crippen LogP contribution in [0.4, 0.5) is 5.69 Å². The molecule has 11 atom stereocenters. The number of benzene rings is 1. The maximum absolute atomic E-state index is 14.4. The standard InChI is InChI=1S/C55H96N8O14/c1-16-36(8)49(62(13)55(72)47(34(4)5)59-54(71)48(35(6)7)61(11)12)43(73-14)31-45(65)63-25-17-18-42(63)50(74-15)37(9)51(68)58-41(30-33(2)3)53(70)60-77-32-39-19-21-40(22-20-39)57-52(69)38(10)56-44(64)23-26-75-28-29-76-27-24-46(66)67/h19-22,33-38,41-43,47-51,58,68H,16-18,23-32H2,1-15H3,(H,56,64)(H,57,69)(H,59,71)(H,60,70)(H,66,67)/t36-,37+,38+,41-,42-,43+,47-,48-,49-,50+,51?/m0/s1. The third-order valence-electron chi connectivity index (χ3n) is 14.2. The molecule has 1 unspecified atom stereocenters. The first-order valence-electron chi connectivity index (χ1n) is 27.3. The van der Waals surface area contributed by atoms with E-state index < -0.39 is 78.4 Å². The van der Waals surface area contributed by atoms with E-state index in [4.69, 9.17) is 28.9 Å². The number of nitrogens with one attached hydrogen (secondary N) is 5. The van der Waals surface area contributed by atoms with Crippen molar-refractivity contribution in [1.82, 2.24) is 36.1 Å². The number of hydrogen-bond donors (Lipinski definition) is 7. The topological polar surface area (TPSA) is 276 Å². The summed E-state index contributed by atoms with van der Waals surface area (Å²) in [5.74, 6) is -3.72. The van der Waals surface area contributed by atoms with E-state index in [9.17, 15) is 38.7 Å². The third-order valence-corrected chi connectivity index (χ3v) is 14.2. The van der Waals surface area contributed by atoms with Crippen molar-refractivity contribution in [2.75, 3.05) is 73.7 Å². The molecule has 2 rings (SSSR count). The van der Waals surface area contributed by atoms with E-state index in [0.717, 1.165) is 0 Å². The fourth-order valence-electron chi connectivity index (χ4n) is 9.77. The van der Waals surface area contributed by atoms with Crippen molar-refractivity contribution >= 4 is 47.1 Å². The van der Waals surface area contributed by atoms with Gasteiger partial charge in [-0.1, -0.05) is 80.9 Å². The Bertz CT molecular complexity index is 1970. The average molecular weight is 1090 g/mol. The second-order valence-electron chi connectivity index (χ2n) is 21.7. The number of nitrogens with zero attached hydrogens (tertiary/aromatic N) is 3. The Morgan fingerprint density at radius 3 is 1.95 bits per heavy atom. The van der Waals surface area contributed by atoms with Crippen molar-refractivity contribution in [2.45, 2.75) is 175 Å². The molecule has 1 aromatic carbocycles. The van der Waals surface area contributed by atoms with Crippen LogP contribution in [0.2, 0.25) is 0 Å². The van der Waals surface area contributed by atoms with Gasteiger partial charge in [0.2, 0.25) is 29.5 Å². The number of amides is 6. The molecule has 440 valence electrons. The number of hydroxylamine groups is 1. The van der Waals surface area contributed by atoms with E-state index in [1.54, 1.807) is 62.3 Å². The summed E-state index contributed by atoms with van der Waals surface area (Å²) in [5.41, 5.74) is 3.67. The fourth-order valence-corrected chi connectivity index (χ4v) is 9.77. The molecule has 22 nitrogen and oxygen atoms in total. The number of carbonyl (C=O) groups is 7. The zero-order chi connectivity index (χ0) is 58.1. The first-order valence-corrected chi connectivity index (χ1v) is 27.3. The van der Waals surface area contributed by atoms with E-state index in [1.165, 1.54) is 0 Å². The highest BCUT2D eigenvalue weighted by molar-refractivity contribution is 5.97. The summed E-state index contributed by atoms with van der Waals surface area (Å²) in [5, 5.41) is 31.8. The molecule has 0 spiro atoms. The van der Waals surface area contributed by atoms with Crippen LogP contribution in [0.3, 0.4) is 0 Å². The van der Waals surface area contributed by atoms with Gasteiger partial charge in [-0.2, -0.15) is 0 Å². The summed E-state index contributed by atoms with van der Waals surface area (Å²) in [6.45, 7) is 20.1. The van der Waals surface area contributed by atoms with Crippen LogP contribution in [0.15, 0.2) is 24.3 Å². The number of carbonyl (C=O) groups excluding carboxylic acids is 6. The SMILES string of the molecule is CC[C@H](C)[C@@H]([C@@H](CC(=O)N1CCC[C@H]1[C@H](OC)[C@@H](C)C(O)N[C@@H](CC(C)C)C(=O)NOCc1ccc(NC(=O)[C@@H](C)NC(=O)CCOCCOCCC(=O)O)cc1)OC)N(C)C(=O)[C@@H](NC(=O)[C@H](C(C)C)N(C)C)C(C)C. The molecule has 22 heteroatoms. The minimum Gasteiger partial charge on any atom is -0.481 e. The molecule has 1 aliphatic heterocycles. The number of likely N-dealkylation sites (tertiary alicyclic amines) is 1. The van der Waals surface area contributed by atoms with Crippen LogP contribution in [0.5, 0.6) is 0 Å². The number of anilines is 1. The highest BCUT2D eigenvalue weighted by Gasteiger charge is 2.43. The molecule has 77 heavy (non-hydrogen) atoms. The number of methoxy groups -OCH3 is 2. The molecule has 0 bridgehead atoms. The van der Waals surface area contributed by atoms with E-state index in [0.29, 0.717) is 43.5 Å². The zero-order valence-corrected chi connectivity index (χ0v) is 48.7. The lowest BCUT2D eigenvalue weighted by atomic mass is 9.89. The smallest absolute Gasteiger partial charge is 0.305 e. The molecule has 6 amide bonds. The van der Waals surface area contributed by atoms with Crippen molar-refractivity contribution in [3.8, 4) is 0 Å². The first-order chi connectivity index (χ1) is 36.3. The summed E-state index contributed by atoms with van der Waals surface area (Å²) >= 11 is 0. The maximum atomic E-state index is 14.4. The number of aliphatic hydroxyl groups is 1. The van der Waals surface area contributed by atoms with Crippen molar-refractivity contribution < 1.29 is 67.6 Å². The number of hydrogen-bond acceptors (Lipinski definition) is 15. The quantitative estimate of drug-likeness (QED) is 0.0285. The molecule has 0 aliphatic carbocycles. The highest BCUT2D eigenvalue weighted by atomic mass is 16.7. The predicted molar refractivity (Wildman–Crippen MR) is 292 cm³/mol. The van der Waals surface area contributed by atoms with Gasteiger partial charge in [-0.3, -0.25) is 48.6 Å². The van der Waals surface area contributed by atoms with Crippen LogP contribution >= 0.6 is 0 Å². The number of carboxylic acids is 1. The lowest BCUT2D eigenvalue weighted by molar-refractivity contribution is -0.148. The van der Waals surface area contributed by atoms with Crippen molar-refractivity contribution in [1.29, 1.82) is 0 Å². The van der Waals surface area contributed by atoms with Gasteiger partial charge in [-0.05, 0) is 81.6 Å². The number of carboxylic acid groups (broad SMARTS) is 1. The molecular formula is C55H96N8O14. The van der Waals surface area contributed by atoms with Gasteiger partial charge in [0.15, 0.2) is 0 Å². The molecule has 1 saturated heterocycles. The Morgan fingerprint density at radius 1 is 0.792 bits per heavy atom. The van der Waals surface area contributed by atoms with E-state index in [1.807, 2.05) is 81.3 Å². The second kappa shape index (κ2) is 34.9. The van der Waals surface area contributed by atoms with Crippen LogP contribution in [-0.4, -0.2) is 189 Å². The Kier molecular flexibility index (Phi) is 31.0. The molecule has 1 aromatic rings. The Morgan fingerprint density at radius 2 is 1.42 bits per heavy atom. The van der Waals surface area contributed by atoms with Crippen molar-refractivity contribution in [3.63, 3.8) is 0 Å². The Hall–Kier alpha value is -4.81. The Balaban J connectivity index is 2.05. The maximum Gasteiger partial charge on any atom is 0.305 e. The van der Waals surface area contributed by atoms with Gasteiger partial charge < -0.3 is 54.9 Å². The summed E-state index contributed by atoms with van der Waals surface area (Å²) in [6, 6.07) is 2.93. The number of ether oxygens (including phenoxy) is 4. The third kappa shape index (κ3) is 22.8. The van der Waals surface area contributed by atoms with Crippen LogP contribution < -0.4 is 26.7 Å². The summed E-state index contributed by atoms with van der Waals surface area (Å²) < 4.78 is 22.6. The fraction of sp³-hybridized carbons (Fsp3) is 0.764. The number of aliphatic hydroxyl groups excluding tert-OH is 1. The Labute approximate surface area is 458 Å². The molecule has 7 N–H and O–H groups in total. The molecule has 0 aromatic heterocycles. The summed E-state index contributed by atoms with van der Waals surface area (Å²) in [4.78, 5) is 102. The number of aliphatic carboxylic acids is 1.